The minimum Gasteiger partial charge on any atom is -0.478 e. The van der Waals surface area contributed by atoms with Gasteiger partial charge in [0.05, 0.1) is 28.1 Å². The molecule has 4 rings (SSSR count). The first-order valence-electron chi connectivity index (χ1n) is 13.9. The van der Waals surface area contributed by atoms with Crippen LogP contribution in [0.25, 0.3) is 0 Å². The number of urea groups is 1. The highest BCUT2D eigenvalue weighted by Crippen LogP contribution is 2.39. The van der Waals surface area contributed by atoms with E-state index in [1.807, 2.05) is 0 Å². The molecule has 1 aromatic rings. The Bertz CT molecular complexity index is 1310. The summed E-state index contributed by atoms with van der Waals surface area (Å²) < 4.78 is 24.8. The number of amides is 2. The Morgan fingerprint density at radius 1 is 1.05 bits per heavy atom. The first kappa shape index (κ1) is 30.5. The lowest BCUT2D eigenvalue weighted by Crippen LogP contribution is -2.50. The zero-order chi connectivity index (χ0) is 29.7. The van der Waals surface area contributed by atoms with Gasteiger partial charge < -0.3 is 36.4 Å². The number of sulfone groups is 1. The minimum absolute atomic E-state index is 0.0596. The molecule has 0 bridgehead atoms. The second kappa shape index (κ2) is 13.0. The largest absolute Gasteiger partial charge is 0.478 e. The second-order valence-corrected chi connectivity index (χ2v) is 13.2. The second-order valence-electron chi connectivity index (χ2n) is 10.9. The summed E-state index contributed by atoms with van der Waals surface area (Å²) in [6, 6.07) is 6.12. The van der Waals surface area contributed by atoms with Gasteiger partial charge in [0, 0.05) is 36.7 Å². The van der Waals surface area contributed by atoms with Gasteiger partial charge in [0.2, 0.25) is 0 Å². The van der Waals surface area contributed by atoms with Gasteiger partial charge in [0.25, 0.3) is 0 Å². The quantitative estimate of drug-likeness (QED) is 0.232. The molecule has 0 radical (unpaired) electrons. The van der Waals surface area contributed by atoms with Crippen molar-refractivity contribution < 1.29 is 33.0 Å². The molecule has 224 valence electrons. The highest BCUT2D eigenvalue weighted by atomic mass is 32.2. The summed E-state index contributed by atoms with van der Waals surface area (Å²) in [4.78, 5) is 38.9. The summed E-state index contributed by atoms with van der Waals surface area (Å²) in [6.07, 6.45) is 2.43. The Kier molecular flexibility index (Phi) is 9.72. The van der Waals surface area contributed by atoms with Crippen molar-refractivity contribution >= 4 is 33.5 Å². The highest BCUT2D eigenvalue weighted by molar-refractivity contribution is 7.92. The molecule has 2 amide bonds. The van der Waals surface area contributed by atoms with Gasteiger partial charge in [-0.05, 0) is 76.4 Å². The number of likely N-dealkylation sites (tertiary alicyclic amines) is 1. The average molecular weight is 590 g/mol. The van der Waals surface area contributed by atoms with Crippen molar-refractivity contribution in [3.63, 3.8) is 0 Å². The van der Waals surface area contributed by atoms with Crippen molar-refractivity contribution in [2.45, 2.75) is 44.3 Å². The van der Waals surface area contributed by atoms with E-state index in [4.69, 9.17) is 0 Å². The lowest BCUT2D eigenvalue weighted by Gasteiger charge is -2.37. The van der Waals surface area contributed by atoms with E-state index in [-0.39, 0.29) is 28.1 Å². The molecule has 12 nitrogen and oxygen atoms in total. The van der Waals surface area contributed by atoms with Crippen molar-refractivity contribution in [3.05, 3.63) is 52.4 Å². The monoisotopic (exact) mass is 589 g/mol. The third-order valence-electron chi connectivity index (χ3n) is 8.16. The molecule has 13 heteroatoms. The van der Waals surface area contributed by atoms with E-state index < -0.39 is 33.7 Å². The van der Waals surface area contributed by atoms with E-state index in [2.05, 4.69) is 26.2 Å². The van der Waals surface area contributed by atoms with E-state index in [1.165, 1.54) is 0 Å². The lowest BCUT2D eigenvalue weighted by molar-refractivity contribution is -0.133. The third kappa shape index (κ3) is 7.27. The smallest absolute Gasteiger partial charge is 0.334 e. The van der Waals surface area contributed by atoms with Crippen LogP contribution in [0.1, 0.15) is 44.6 Å². The van der Waals surface area contributed by atoms with Gasteiger partial charge in [0.1, 0.15) is 0 Å². The Morgan fingerprint density at radius 3 is 2.32 bits per heavy atom. The van der Waals surface area contributed by atoms with Crippen molar-refractivity contribution in [2.24, 2.45) is 5.92 Å². The van der Waals surface area contributed by atoms with Crippen molar-refractivity contribution in [1.82, 2.24) is 20.9 Å². The summed E-state index contributed by atoms with van der Waals surface area (Å²) in [6.45, 7) is 7.17. The standard InChI is InChI=1S/C28H39N5O7S/c1-17-23(26(34)35)25(24(27(36)37)18(2)31-17)20-5-3-6-21(15-20)32-28(38)30-9-4-11-33-12-7-19(8-13-33)22-16-29-10-14-41(22,39)40/h3,5-6,15,19,22,25,29,31H,4,7-14,16H2,1-2H3,(H,34,35)(H,36,37)(H2,30,32,38). The van der Waals surface area contributed by atoms with E-state index >= 15 is 0 Å². The Morgan fingerprint density at radius 2 is 1.71 bits per heavy atom. The number of hydrogen-bond acceptors (Lipinski definition) is 8. The molecule has 2 fully saturated rings. The number of allylic oxidation sites excluding steroid dienone is 2. The summed E-state index contributed by atoms with van der Waals surface area (Å²) in [5.41, 5.74) is 1.46. The van der Waals surface area contributed by atoms with Crippen LogP contribution in [0.2, 0.25) is 0 Å². The summed E-state index contributed by atoms with van der Waals surface area (Å²) >= 11 is 0. The number of aliphatic carboxylic acids is 2. The predicted molar refractivity (Wildman–Crippen MR) is 154 cm³/mol. The Labute approximate surface area is 240 Å². The van der Waals surface area contributed by atoms with Crippen LogP contribution in [0, 0.1) is 5.92 Å². The molecule has 3 aliphatic rings. The first-order chi connectivity index (χ1) is 19.5. The van der Waals surface area contributed by atoms with E-state index in [0.29, 0.717) is 42.3 Å². The molecule has 2 saturated heterocycles. The highest BCUT2D eigenvalue weighted by Gasteiger charge is 2.38. The molecular formula is C28H39N5O7S. The molecule has 0 aromatic heterocycles. The molecule has 1 aromatic carbocycles. The number of carboxylic acids is 2. The van der Waals surface area contributed by atoms with Crippen LogP contribution < -0.4 is 21.3 Å². The first-order valence-corrected chi connectivity index (χ1v) is 15.6. The average Bonchev–Trinajstić information content (AvgIpc) is 2.90. The number of benzene rings is 1. The molecule has 1 atom stereocenters. The number of anilines is 1. The Hall–Kier alpha value is -3.42. The van der Waals surface area contributed by atoms with Crippen LogP contribution in [0.4, 0.5) is 10.5 Å². The molecule has 41 heavy (non-hydrogen) atoms. The number of piperidine rings is 1. The number of hydrogen-bond donors (Lipinski definition) is 6. The molecule has 3 heterocycles. The number of dihydropyridines is 1. The molecule has 0 saturated carbocycles. The lowest BCUT2D eigenvalue weighted by atomic mass is 9.80. The number of rotatable bonds is 9. The van der Waals surface area contributed by atoms with Crippen LogP contribution in [0.15, 0.2) is 46.8 Å². The molecule has 0 aliphatic carbocycles. The van der Waals surface area contributed by atoms with E-state index in [0.717, 1.165) is 38.9 Å². The number of carboxylic acid groups (broad SMARTS) is 2. The summed E-state index contributed by atoms with van der Waals surface area (Å²) in [7, 11) is -3.02. The molecule has 0 spiro atoms. The van der Waals surface area contributed by atoms with Gasteiger partial charge in [0.15, 0.2) is 9.84 Å². The normalized spacial score (nSPS) is 22.2. The number of carbonyl (C=O) groups is 3. The summed E-state index contributed by atoms with van der Waals surface area (Å²) in [5, 5.41) is 31.0. The number of nitrogens with zero attached hydrogens (tertiary/aromatic N) is 1. The van der Waals surface area contributed by atoms with Gasteiger partial charge in [-0.3, -0.25) is 0 Å². The summed E-state index contributed by atoms with van der Waals surface area (Å²) in [5.74, 6) is -3.04. The van der Waals surface area contributed by atoms with Crippen LogP contribution >= 0.6 is 0 Å². The fourth-order valence-corrected chi connectivity index (χ4v) is 8.08. The van der Waals surface area contributed by atoms with Crippen LogP contribution in [-0.4, -0.2) is 91.8 Å². The van der Waals surface area contributed by atoms with Gasteiger partial charge in [-0.2, -0.15) is 0 Å². The van der Waals surface area contributed by atoms with Gasteiger partial charge in [-0.1, -0.05) is 12.1 Å². The number of carbonyl (C=O) groups excluding carboxylic acids is 1. The fraction of sp³-hybridized carbons (Fsp3) is 0.536. The Balaban J connectivity index is 1.28. The van der Waals surface area contributed by atoms with Crippen molar-refractivity contribution in [2.75, 3.05) is 50.3 Å². The minimum atomic E-state index is -3.02. The topological polar surface area (TPSA) is 177 Å². The maximum absolute atomic E-state index is 12.6. The van der Waals surface area contributed by atoms with Crippen LogP contribution in [0.5, 0.6) is 0 Å². The third-order valence-corrected chi connectivity index (χ3v) is 10.4. The molecule has 1 unspecified atom stereocenters. The van der Waals surface area contributed by atoms with E-state index in [9.17, 15) is 33.0 Å². The zero-order valence-electron chi connectivity index (χ0n) is 23.4. The van der Waals surface area contributed by atoms with Crippen LogP contribution in [-0.2, 0) is 19.4 Å². The fourth-order valence-electron chi connectivity index (χ4n) is 6.12. The predicted octanol–water partition coefficient (Wildman–Crippen LogP) is 1.70. The van der Waals surface area contributed by atoms with Crippen LogP contribution in [0.3, 0.4) is 0 Å². The molecule has 6 N–H and O–H groups in total. The van der Waals surface area contributed by atoms with Crippen molar-refractivity contribution in [3.8, 4) is 0 Å². The maximum Gasteiger partial charge on any atom is 0.334 e. The van der Waals surface area contributed by atoms with Gasteiger partial charge in [-0.25, -0.2) is 22.8 Å². The SMILES string of the molecule is CC1=C(C(=O)O)C(c2cccc(NC(=O)NCCCN3CCC(C4CNCCS4(=O)=O)CC3)c2)C(C(=O)O)=C(C)N1. The molecular weight excluding hydrogens is 550 g/mol. The van der Waals surface area contributed by atoms with Gasteiger partial charge in [-0.15, -0.1) is 0 Å². The van der Waals surface area contributed by atoms with Crippen molar-refractivity contribution in [1.29, 1.82) is 0 Å². The maximum atomic E-state index is 12.6. The molecule has 3 aliphatic heterocycles. The zero-order valence-corrected chi connectivity index (χ0v) is 24.2. The number of nitrogens with one attached hydrogen (secondary N) is 4. The van der Waals surface area contributed by atoms with Gasteiger partial charge >= 0.3 is 18.0 Å². The van der Waals surface area contributed by atoms with E-state index in [1.54, 1.807) is 38.1 Å².